The monoisotopic (exact) mass is 475 g/mol. The van der Waals surface area contributed by atoms with Crippen LogP contribution in [0.2, 0.25) is 0 Å². The number of phenolic OH excluding ortho intramolecular Hbond substituents is 2. The van der Waals surface area contributed by atoms with E-state index in [0.717, 1.165) is 47.1 Å². The molecule has 0 amide bonds. The summed E-state index contributed by atoms with van der Waals surface area (Å²) in [5.74, 6) is 1.41. The average molecular weight is 476 g/mol. The second-order valence-electron chi connectivity index (χ2n) is 8.41. The first kappa shape index (κ1) is 24.2. The van der Waals surface area contributed by atoms with Crippen molar-refractivity contribution in [2.45, 2.75) is 39.2 Å². The number of imidazole rings is 1. The van der Waals surface area contributed by atoms with Gasteiger partial charge in [-0.1, -0.05) is 25.5 Å². The van der Waals surface area contributed by atoms with Crippen LogP contribution in [0.15, 0.2) is 41.4 Å². The van der Waals surface area contributed by atoms with Gasteiger partial charge in [0.1, 0.15) is 22.8 Å². The smallest absolute Gasteiger partial charge is 0.235 e. The van der Waals surface area contributed by atoms with Gasteiger partial charge >= 0.3 is 0 Å². The molecule has 0 atom stereocenters. The van der Waals surface area contributed by atoms with Crippen molar-refractivity contribution in [2.24, 2.45) is 4.99 Å². The predicted molar refractivity (Wildman–Crippen MR) is 134 cm³/mol. The van der Waals surface area contributed by atoms with E-state index >= 15 is 0 Å². The van der Waals surface area contributed by atoms with Crippen LogP contribution in [0.1, 0.15) is 36.7 Å². The molecule has 9 nitrogen and oxygen atoms in total. The molecule has 0 aliphatic carbocycles. The molecule has 9 heteroatoms. The number of aryl methyl sites for hydroxylation is 1. The maximum Gasteiger partial charge on any atom is 0.235 e. The largest absolute Gasteiger partial charge is 0.508 e. The number of isocyanates is 1. The van der Waals surface area contributed by atoms with E-state index in [-0.39, 0.29) is 11.5 Å². The molecule has 182 valence electrons. The van der Waals surface area contributed by atoms with Crippen molar-refractivity contribution < 1.29 is 19.7 Å². The number of aliphatic imine (C=N–C) groups is 1. The van der Waals surface area contributed by atoms with E-state index in [9.17, 15) is 15.0 Å². The topological polar surface area (TPSA) is 136 Å². The Morgan fingerprint density at radius 1 is 1.11 bits per heavy atom. The summed E-state index contributed by atoms with van der Waals surface area (Å²) in [6.07, 6.45) is 4.91. The Balaban J connectivity index is 1.74. The van der Waals surface area contributed by atoms with Crippen molar-refractivity contribution in [3.05, 3.63) is 53.3 Å². The van der Waals surface area contributed by atoms with Crippen LogP contribution in [0, 0.1) is 0 Å². The third-order valence-electron chi connectivity index (χ3n) is 5.94. The minimum absolute atomic E-state index is 0.0909. The highest BCUT2D eigenvalue weighted by molar-refractivity contribution is 6.06. The van der Waals surface area contributed by atoms with Crippen LogP contribution in [0.25, 0.3) is 21.9 Å². The number of nitrogens with zero attached hydrogens (tertiary/aromatic N) is 4. The fourth-order valence-corrected chi connectivity index (χ4v) is 4.17. The first-order chi connectivity index (χ1) is 17.0. The molecular weight excluding hydrogens is 446 g/mol. The minimum Gasteiger partial charge on any atom is -0.508 e. The Labute approximate surface area is 202 Å². The van der Waals surface area contributed by atoms with Crippen LogP contribution < -0.4 is 5.73 Å². The number of nitrogens with two attached hydrogens (primary N) is 1. The van der Waals surface area contributed by atoms with E-state index in [4.69, 9.17) is 15.5 Å². The van der Waals surface area contributed by atoms with E-state index in [1.54, 1.807) is 6.07 Å². The highest BCUT2D eigenvalue weighted by atomic mass is 16.5. The Kier molecular flexibility index (Phi) is 7.60. The second kappa shape index (κ2) is 11.0. The second-order valence-corrected chi connectivity index (χ2v) is 8.41. The van der Waals surface area contributed by atoms with Gasteiger partial charge in [-0.15, -0.1) is 0 Å². The average Bonchev–Trinajstić information content (AvgIpc) is 3.21. The number of aromatic nitrogens is 3. The van der Waals surface area contributed by atoms with Crippen molar-refractivity contribution in [2.75, 3.05) is 25.5 Å². The molecule has 4 rings (SSSR count). The number of benzene rings is 2. The van der Waals surface area contributed by atoms with E-state index in [0.29, 0.717) is 49.6 Å². The zero-order valence-electron chi connectivity index (χ0n) is 19.7. The molecule has 0 fully saturated rings. The van der Waals surface area contributed by atoms with Gasteiger partial charge in [-0.25, -0.2) is 19.8 Å². The summed E-state index contributed by atoms with van der Waals surface area (Å²) < 4.78 is 7.58. The molecule has 4 aromatic rings. The number of carbonyl (C=O) groups excluding carboxylic acids is 1. The summed E-state index contributed by atoms with van der Waals surface area (Å²) in [5.41, 5.74) is 10.2. The fraction of sp³-hybridized carbons (Fsp3) is 0.346. The molecule has 0 radical (unpaired) electrons. The number of phenols is 2. The summed E-state index contributed by atoms with van der Waals surface area (Å²) in [6.45, 7) is 3.63. The quantitative estimate of drug-likeness (QED) is 0.130. The van der Waals surface area contributed by atoms with Gasteiger partial charge in [0.05, 0.1) is 37.3 Å². The van der Waals surface area contributed by atoms with Gasteiger partial charge < -0.3 is 25.3 Å². The lowest BCUT2D eigenvalue weighted by Crippen LogP contribution is -2.06. The van der Waals surface area contributed by atoms with Gasteiger partial charge in [-0.05, 0) is 42.7 Å². The summed E-state index contributed by atoms with van der Waals surface area (Å²) in [4.78, 5) is 23.0. The normalized spacial score (nSPS) is 11.2. The van der Waals surface area contributed by atoms with Crippen molar-refractivity contribution in [3.8, 4) is 11.5 Å². The number of nitrogen functional groups attached to an aromatic ring is 1. The maximum atomic E-state index is 10.4. The molecule has 0 saturated heterocycles. The number of anilines is 1. The number of fused-ring (bicyclic) bond motifs is 3. The van der Waals surface area contributed by atoms with Crippen molar-refractivity contribution >= 4 is 33.8 Å². The molecule has 4 N–H and O–H groups in total. The highest BCUT2D eigenvalue weighted by Gasteiger charge is 2.19. The number of aromatic hydroxyl groups is 2. The van der Waals surface area contributed by atoms with Crippen LogP contribution in [0.5, 0.6) is 11.5 Å². The molecule has 35 heavy (non-hydrogen) atoms. The number of ether oxygens (including phenoxy) is 1. The fourth-order valence-electron chi connectivity index (χ4n) is 4.17. The lowest BCUT2D eigenvalue weighted by molar-refractivity contribution is 0.145. The Morgan fingerprint density at radius 3 is 2.77 bits per heavy atom. The SMILES string of the molecule is CCCCc1nc2c(N)nc3cc(CCOCCN=C=O)ccc3c2n1Cc1cc(O)ccc1O. The van der Waals surface area contributed by atoms with E-state index < -0.39 is 0 Å². The number of hydrogen-bond acceptors (Lipinski definition) is 8. The van der Waals surface area contributed by atoms with Crippen molar-refractivity contribution in [1.82, 2.24) is 14.5 Å². The van der Waals surface area contributed by atoms with Gasteiger partial charge in [0.15, 0.2) is 5.82 Å². The van der Waals surface area contributed by atoms with Crippen LogP contribution in [0.4, 0.5) is 5.82 Å². The minimum atomic E-state index is 0.0909. The van der Waals surface area contributed by atoms with Crippen LogP contribution in [-0.2, 0) is 28.9 Å². The Hall–Kier alpha value is -3.94. The third-order valence-corrected chi connectivity index (χ3v) is 5.94. The number of pyridine rings is 1. The number of unbranched alkanes of at least 4 members (excludes halogenated alkanes) is 1. The summed E-state index contributed by atoms with van der Waals surface area (Å²) in [6, 6.07) is 10.6. The molecule has 0 spiro atoms. The summed E-state index contributed by atoms with van der Waals surface area (Å²) in [5, 5.41) is 21.3. The lowest BCUT2D eigenvalue weighted by atomic mass is 10.1. The molecular formula is C26H29N5O4. The molecule has 0 bridgehead atoms. The van der Waals surface area contributed by atoms with Crippen LogP contribution in [-0.4, -0.2) is 50.6 Å². The molecule has 2 heterocycles. The molecule has 0 aliphatic rings. The maximum absolute atomic E-state index is 10.4. The first-order valence-electron chi connectivity index (χ1n) is 11.7. The zero-order valence-corrected chi connectivity index (χ0v) is 19.7. The first-order valence-corrected chi connectivity index (χ1v) is 11.7. The molecule has 0 aliphatic heterocycles. The highest BCUT2D eigenvalue weighted by Crippen LogP contribution is 2.32. The van der Waals surface area contributed by atoms with Gasteiger partial charge in [-0.3, -0.25) is 0 Å². The Morgan fingerprint density at radius 2 is 1.97 bits per heavy atom. The van der Waals surface area contributed by atoms with E-state index in [1.165, 1.54) is 18.2 Å². The number of rotatable bonds is 11. The van der Waals surface area contributed by atoms with Gasteiger partial charge in [0.2, 0.25) is 6.08 Å². The molecule has 0 saturated carbocycles. The molecule has 0 unspecified atom stereocenters. The van der Waals surface area contributed by atoms with Crippen molar-refractivity contribution in [1.29, 1.82) is 0 Å². The number of hydrogen-bond donors (Lipinski definition) is 3. The Bertz CT molecular complexity index is 1390. The van der Waals surface area contributed by atoms with E-state index in [1.807, 2.05) is 18.2 Å². The van der Waals surface area contributed by atoms with Gasteiger partial charge in [0, 0.05) is 17.4 Å². The van der Waals surface area contributed by atoms with Gasteiger partial charge in [-0.2, -0.15) is 0 Å². The van der Waals surface area contributed by atoms with Crippen molar-refractivity contribution in [3.63, 3.8) is 0 Å². The predicted octanol–water partition coefficient (Wildman–Crippen LogP) is 3.86. The summed E-state index contributed by atoms with van der Waals surface area (Å²) >= 11 is 0. The third kappa shape index (κ3) is 5.42. The summed E-state index contributed by atoms with van der Waals surface area (Å²) in [7, 11) is 0. The molecule has 2 aromatic carbocycles. The lowest BCUT2D eigenvalue weighted by Gasteiger charge is -2.13. The molecule has 2 aromatic heterocycles. The van der Waals surface area contributed by atoms with Crippen LogP contribution in [0.3, 0.4) is 0 Å². The van der Waals surface area contributed by atoms with Gasteiger partial charge in [0.25, 0.3) is 0 Å². The zero-order chi connectivity index (χ0) is 24.8. The van der Waals surface area contributed by atoms with Crippen LogP contribution >= 0.6 is 0 Å². The standard InChI is InChI=1S/C26H29N5O4/c1-2-3-4-23-30-24-25(31(23)15-18-14-19(33)6-8-22(18)34)20-7-5-17(13-21(20)29-26(24)27)9-11-35-12-10-28-16-32/h5-8,13-14,33-34H,2-4,9-12,15H2,1H3,(H2,27,29). The van der Waals surface area contributed by atoms with E-state index in [2.05, 4.69) is 21.5 Å².